The molecule has 0 heterocycles. The molecule has 0 radical (unpaired) electrons. The Morgan fingerprint density at radius 2 is 1.65 bits per heavy atom. The number of rotatable bonds is 4. The van der Waals surface area contributed by atoms with E-state index in [-0.39, 0.29) is 35.6 Å². The van der Waals surface area contributed by atoms with Crippen molar-refractivity contribution in [3.63, 3.8) is 0 Å². The monoisotopic (exact) mass is 544 g/mol. The fourth-order valence-electron chi connectivity index (χ4n) is 7.91. The maximum absolute atomic E-state index is 14.4. The third-order valence-electron chi connectivity index (χ3n) is 9.56. The standard InChI is InChI=1S/C33H36O7/c1-7-18-8-10-19(11-9-18)20-12-13-22(35)24-21(20)14-31(5)15-32(6)25(16(2)3)27(36)23(17(4)34)29(38)33(32,40)30(39)26(31)28(24)37/h8-13,16,25,35,37-38,40H,7,14-15H2,1-6H3/t25?,31-,32-,33+/m1/s1. The lowest BCUT2D eigenvalue weighted by Crippen LogP contribution is -2.69. The summed E-state index contributed by atoms with van der Waals surface area (Å²) in [6, 6.07) is 11.3. The van der Waals surface area contributed by atoms with Gasteiger partial charge in [-0.1, -0.05) is 65.0 Å². The first kappa shape index (κ1) is 27.8. The summed E-state index contributed by atoms with van der Waals surface area (Å²) in [5.74, 6) is -5.25. The topological polar surface area (TPSA) is 132 Å². The second-order valence-corrected chi connectivity index (χ2v) is 12.5. The summed E-state index contributed by atoms with van der Waals surface area (Å²) in [5, 5.41) is 46.0. The van der Waals surface area contributed by atoms with E-state index in [4.69, 9.17) is 0 Å². The number of carbonyl (C=O) groups excluding carboxylic acids is 3. The number of aliphatic hydroxyl groups is 3. The molecular formula is C33H36O7. The van der Waals surface area contributed by atoms with Gasteiger partial charge in [0, 0.05) is 22.3 Å². The molecule has 1 fully saturated rings. The molecule has 2 aromatic carbocycles. The molecule has 7 nitrogen and oxygen atoms in total. The number of aromatic hydroxyl groups is 1. The number of benzene rings is 2. The van der Waals surface area contributed by atoms with Crippen LogP contribution in [0.1, 0.15) is 64.7 Å². The van der Waals surface area contributed by atoms with Gasteiger partial charge in [-0.15, -0.1) is 0 Å². The maximum Gasteiger partial charge on any atom is 0.203 e. The maximum atomic E-state index is 14.4. The minimum absolute atomic E-state index is 0.0643. The Hall–Kier alpha value is -3.71. The van der Waals surface area contributed by atoms with Gasteiger partial charge in [0.25, 0.3) is 0 Å². The van der Waals surface area contributed by atoms with E-state index in [0.29, 0.717) is 5.56 Å². The van der Waals surface area contributed by atoms with Crippen LogP contribution >= 0.6 is 0 Å². The van der Waals surface area contributed by atoms with E-state index < -0.39 is 56.8 Å². The van der Waals surface area contributed by atoms with Gasteiger partial charge in [-0.3, -0.25) is 14.4 Å². The highest BCUT2D eigenvalue weighted by molar-refractivity contribution is 6.24. The summed E-state index contributed by atoms with van der Waals surface area (Å²) in [6.45, 7) is 10.2. The van der Waals surface area contributed by atoms with Crippen LogP contribution < -0.4 is 0 Å². The highest BCUT2D eigenvalue weighted by Gasteiger charge is 2.72. The predicted octanol–water partition coefficient (Wildman–Crippen LogP) is 5.42. The smallest absolute Gasteiger partial charge is 0.203 e. The summed E-state index contributed by atoms with van der Waals surface area (Å²) >= 11 is 0. The first-order valence-electron chi connectivity index (χ1n) is 13.8. The van der Waals surface area contributed by atoms with Crippen LogP contribution in [0.2, 0.25) is 0 Å². The lowest BCUT2D eigenvalue weighted by atomic mass is 9.43. The minimum Gasteiger partial charge on any atom is -0.508 e. The Morgan fingerprint density at radius 3 is 2.20 bits per heavy atom. The lowest BCUT2D eigenvalue weighted by Gasteiger charge is -2.59. The van der Waals surface area contributed by atoms with Crippen molar-refractivity contribution in [1.29, 1.82) is 0 Å². The zero-order valence-corrected chi connectivity index (χ0v) is 23.8. The van der Waals surface area contributed by atoms with Crippen molar-refractivity contribution >= 4 is 23.1 Å². The van der Waals surface area contributed by atoms with Gasteiger partial charge in [0.1, 0.15) is 22.8 Å². The third-order valence-corrected chi connectivity index (χ3v) is 9.56. The molecule has 0 aliphatic heterocycles. The molecule has 210 valence electrons. The van der Waals surface area contributed by atoms with E-state index in [9.17, 15) is 34.8 Å². The van der Waals surface area contributed by atoms with Crippen LogP contribution in [0.25, 0.3) is 16.9 Å². The third kappa shape index (κ3) is 3.43. The van der Waals surface area contributed by atoms with Crippen molar-refractivity contribution in [2.45, 2.75) is 66.4 Å². The van der Waals surface area contributed by atoms with Crippen LogP contribution in [-0.4, -0.2) is 43.4 Å². The predicted molar refractivity (Wildman–Crippen MR) is 151 cm³/mol. The fourth-order valence-corrected chi connectivity index (χ4v) is 7.91. The van der Waals surface area contributed by atoms with Gasteiger partial charge in [0.15, 0.2) is 17.2 Å². The number of allylic oxidation sites excluding steroid dienone is 1. The molecule has 5 rings (SSSR count). The number of phenols is 1. The minimum atomic E-state index is -2.61. The molecular weight excluding hydrogens is 508 g/mol. The number of hydrogen-bond acceptors (Lipinski definition) is 7. The van der Waals surface area contributed by atoms with Gasteiger partial charge < -0.3 is 20.4 Å². The van der Waals surface area contributed by atoms with Crippen LogP contribution in [0.5, 0.6) is 5.75 Å². The second-order valence-electron chi connectivity index (χ2n) is 12.5. The Morgan fingerprint density at radius 1 is 1.02 bits per heavy atom. The van der Waals surface area contributed by atoms with Crippen molar-refractivity contribution in [2.75, 3.05) is 0 Å². The first-order valence-corrected chi connectivity index (χ1v) is 13.8. The van der Waals surface area contributed by atoms with Gasteiger partial charge in [-0.05, 0) is 60.4 Å². The average molecular weight is 545 g/mol. The first-order chi connectivity index (χ1) is 18.6. The number of aliphatic hydroxyl groups excluding tert-OH is 2. The van der Waals surface area contributed by atoms with Gasteiger partial charge in [0.2, 0.25) is 5.78 Å². The van der Waals surface area contributed by atoms with Gasteiger partial charge in [-0.25, -0.2) is 0 Å². The molecule has 0 bridgehead atoms. The Labute approximate surface area is 233 Å². The molecule has 7 heteroatoms. The fraction of sp³-hybridized carbons (Fsp3) is 0.424. The molecule has 1 unspecified atom stereocenters. The molecule has 0 spiro atoms. The van der Waals surface area contributed by atoms with E-state index in [1.807, 2.05) is 24.3 Å². The molecule has 0 aromatic heterocycles. The molecule has 4 atom stereocenters. The Kier molecular flexibility index (Phi) is 6.19. The van der Waals surface area contributed by atoms with E-state index in [1.165, 1.54) is 6.07 Å². The Bertz CT molecular complexity index is 1540. The normalized spacial score (nSPS) is 29.9. The van der Waals surface area contributed by atoms with Crippen molar-refractivity contribution in [2.24, 2.45) is 22.7 Å². The number of ketones is 3. The zero-order chi connectivity index (χ0) is 29.5. The average Bonchev–Trinajstić information content (AvgIpc) is 2.86. The van der Waals surface area contributed by atoms with E-state index in [0.717, 1.165) is 30.0 Å². The second kappa shape index (κ2) is 8.90. The molecule has 3 aliphatic carbocycles. The lowest BCUT2D eigenvalue weighted by molar-refractivity contribution is -0.178. The Balaban J connectivity index is 1.80. The summed E-state index contributed by atoms with van der Waals surface area (Å²) in [7, 11) is 0. The number of Topliss-reactive ketones (excluding diaryl/α,β-unsaturated/α-hetero) is 3. The molecule has 3 aliphatic rings. The van der Waals surface area contributed by atoms with Gasteiger partial charge >= 0.3 is 0 Å². The summed E-state index contributed by atoms with van der Waals surface area (Å²) in [4.78, 5) is 40.5. The summed E-state index contributed by atoms with van der Waals surface area (Å²) in [5.41, 5.74) is -2.24. The van der Waals surface area contributed by atoms with Crippen LogP contribution in [0.3, 0.4) is 0 Å². The van der Waals surface area contributed by atoms with Crippen molar-refractivity contribution in [3.05, 3.63) is 70.0 Å². The summed E-state index contributed by atoms with van der Waals surface area (Å²) < 4.78 is 0. The van der Waals surface area contributed by atoms with E-state index in [2.05, 4.69) is 6.92 Å². The highest BCUT2D eigenvalue weighted by atomic mass is 16.3. The molecule has 4 N–H and O–H groups in total. The van der Waals surface area contributed by atoms with Crippen LogP contribution in [0, 0.1) is 22.7 Å². The zero-order valence-electron chi connectivity index (χ0n) is 23.8. The largest absolute Gasteiger partial charge is 0.508 e. The highest BCUT2D eigenvalue weighted by Crippen LogP contribution is 2.65. The molecule has 1 saturated carbocycles. The van der Waals surface area contributed by atoms with Crippen molar-refractivity contribution in [1.82, 2.24) is 0 Å². The number of hydrogen-bond donors (Lipinski definition) is 4. The van der Waals surface area contributed by atoms with Crippen LogP contribution in [-0.2, 0) is 27.2 Å². The molecule has 40 heavy (non-hydrogen) atoms. The quantitative estimate of drug-likeness (QED) is 0.378. The van der Waals surface area contributed by atoms with E-state index >= 15 is 0 Å². The van der Waals surface area contributed by atoms with Crippen molar-refractivity contribution < 1.29 is 34.8 Å². The van der Waals surface area contributed by atoms with Crippen LogP contribution in [0.15, 0.2) is 53.3 Å². The molecule has 2 aromatic rings. The number of phenolic OH excluding ortho intramolecular Hbond substituents is 1. The van der Waals surface area contributed by atoms with Gasteiger partial charge in [0.05, 0.1) is 5.56 Å². The molecule has 0 saturated heterocycles. The van der Waals surface area contributed by atoms with E-state index in [1.54, 1.807) is 33.8 Å². The number of fused-ring (bicyclic) bond motifs is 3. The van der Waals surface area contributed by atoms with Crippen molar-refractivity contribution in [3.8, 4) is 16.9 Å². The van der Waals surface area contributed by atoms with Gasteiger partial charge in [-0.2, -0.15) is 0 Å². The number of carbonyl (C=O) groups is 3. The SMILES string of the molecule is CCc1ccc(-c2ccc(O)c3c2C[C@]2(C)C[C@]4(C)C(C(C)C)C(=O)C(C(C)=O)=C(O)[C@]4(O)C(=O)C2=C3O)cc1. The van der Waals surface area contributed by atoms with Crippen LogP contribution in [0.4, 0.5) is 0 Å². The number of aryl methyl sites for hydroxylation is 1. The molecule has 0 amide bonds. The summed E-state index contributed by atoms with van der Waals surface area (Å²) in [6.07, 6.45) is 1.18.